The van der Waals surface area contributed by atoms with Gasteiger partial charge in [-0.3, -0.25) is 0 Å². The lowest BCUT2D eigenvalue weighted by Gasteiger charge is -2.41. The Morgan fingerprint density at radius 1 is 1.25 bits per heavy atom. The third-order valence-corrected chi connectivity index (χ3v) is 7.48. The van der Waals surface area contributed by atoms with E-state index in [1.807, 2.05) is 6.07 Å². The van der Waals surface area contributed by atoms with E-state index in [9.17, 15) is 4.79 Å². The number of hydrogen-bond donors (Lipinski definition) is 0. The van der Waals surface area contributed by atoms with Crippen molar-refractivity contribution in [2.24, 2.45) is 5.92 Å². The van der Waals surface area contributed by atoms with Gasteiger partial charge in [0.1, 0.15) is 6.10 Å². The van der Waals surface area contributed by atoms with Crippen molar-refractivity contribution in [1.82, 2.24) is 4.90 Å². The Bertz CT molecular complexity index is 1080. The number of hydrogen-bond acceptors (Lipinski definition) is 5. The van der Waals surface area contributed by atoms with Gasteiger partial charge in [0.15, 0.2) is 11.5 Å². The smallest absolute Gasteiger partial charge is 0.338 e. The zero-order chi connectivity index (χ0) is 22.5. The molecule has 6 heteroatoms. The Balaban J connectivity index is 1.42. The molecule has 0 amide bonds. The monoisotopic (exact) mass is 453 g/mol. The first kappa shape index (κ1) is 21.4. The van der Waals surface area contributed by atoms with Crippen LogP contribution in [-0.2, 0) is 16.7 Å². The number of nitrogens with zero attached hydrogens (tertiary/aromatic N) is 1. The Hall–Kier alpha value is -2.50. The van der Waals surface area contributed by atoms with Crippen LogP contribution >= 0.6 is 11.6 Å². The summed E-state index contributed by atoms with van der Waals surface area (Å²) in [5, 5.41) is 0.597. The number of benzene rings is 2. The molecule has 32 heavy (non-hydrogen) atoms. The lowest BCUT2D eigenvalue weighted by Crippen LogP contribution is -2.45. The highest BCUT2D eigenvalue weighted by atomic mass is 35.5. The van der Waals surface area contributed by atoms with Crippen molar-refractivity contribution < 1.29 is 19.0 Å². The van der Waals surface area contributed by atoms with Crippen molar-refractivity contribution in [3.63, 3.8) is 0 Å². The molecular weight excluding hydrogens is 426 g/mol. The molecule has 168 valence electrons. The number of methoxy groups -OCH3 is 1. The van der Waals surface area contributed by atoms with E-state index in [2.05, 4.69) is 31.0 Å². The van der Waals surface area contributed by atoms with Gasteiger partial charge in [0.25, 0.3) is 0 Å². The summed E-state index contributed by atoms with van der Waals surface area (Å²) in [4.78, 5) is 14.9. The molecule has 0 saturated heterocycles. The number of esters is 1. The number of halogens is 1. The molecule has 5 nitrogen and oxygen atoms in total. The molecule has 0 radical (unpaired) electrons. The molecule has 2 heterocycles. The molecule has 0 bridgehead atoms. The number of carbonyl (C=O) groups is 1. The highest BCUT2D eigenvalue weighted by molar-refractivity contribution is 6.30. The van der Waals surface area contributed by atoms with Crippen LogP contribution in [0, 0.1) is 5.92 Å². The molecule has 3 unspecified atom stereocenters. The van der Waals surface area contributed by atoms with Gasteiger partial charge in [0.2, 0.25) is 0 Å². The standard InChI is InChI=1S/C26H28ClNO4/c1-16-12-17(15-31-25(29)18-4-7-20(27)8-5-18)13-22-26(16)10-11-28(2)14-19-6-9-21(30-3)24(32-22)23(19)26/h4-9,12,17,22H,10-11,13-15H2,1-3H3. The predicted octanol–water partition coefficient (Wildman–Crippen LogP) is 5.01. The maximum Gasteiger partial charge on any atom is 0.338 e. The molecular formula is C26H28ClNO4. The average molecular weight is 454 g/mol. The molecule has 2 aromatic rings. The molecule has 0 saturated carbocycles. The van der Waals surface area contributed by atoms with Gasteiger partial charge in [-0.15, -0.1) is 0 Å². The molecule has 2 aromatic carbocycles. The van der Waals surface area contributed by atoms with E-state index in [0.717, 1.165) is 37.4 Å². The summed E-state index contributed by atoms with van der Waals surface area (Å²) in [7, 11) is 3.87. The van der Waals surface area contributed by atoms with Gasteiger partial charge in [-0.1, -0.05) is 29.3 Å². The summed E-state index contributed by atoms with van der Waals surface area (Å²) in [5.74, 6) is 1.45. The van der Waals surface area contributed by atoms with Crippen LogP contribution in [0.5, 0.6) is 11.5 Å². The van der Waals surface area contributed by atoms with Gasteiger partial charge in [-0.25, -0.2) is 4.79 Å². The largest absolute Gasteiger partial charge is 0.493 e. The second-order valence-corrected chi connectivity index (χ2v) is 9.58. The lowest BCUT2D eigenvalue weighted by molar-refractivity contribution is 0.0393. The van der Waals surface area contributed by atoms with Crippen molar-refractivity contribution in [1.29, 1.82) is 0 Å². The van der Waals surface area contributed by atoms with Crippen molar-refractivity contribution in [3.05, 3.63) is 69.8 Å². The van der Waals surface area contributed by atoms with Gasteiger partial charge >= 0.3 is 5.97 Å². The minimum Gasteiger partial charge on any atom is -0.493 e. The van der Waals surface area contributed by atoms with E-state index >= 15 is 0 Å². The fraction of sp³-hybridized carbons (Fsp3) is 0.423. The van der Waals surface area contributed by atoms with Crippen molar-refractivity contribution in [3.8, 4) is 11.5 Å². The highest BCUT2D eigenvalue weighted by Crippen LogP contribution is 2.58. The third-order valence-electron chi connectivity index (χ3n) is 7.23. The average Bonchev–Trinajstić information content (AvgIpc) is 3.04. The van der Waals surface area contributed by atoms with Crippen LogP contribution in [0.1, 0.15) is 41.3 Å². The number of ether oxygens (including phenoxy) is 3. The maximum absolute atomic E-state index is 12.5. The zero-order valence-corrected chi connectivity index (χ0v) is 19.4. The van der Waals surface area contributed by atoms with Crippen LogP contribution in [0.25, 0.3) is 0 Å². The predicted molar refractivity (Wildman–Crippen MR) is 124 cm³/mol. The molecule has 3 aliphatic rings. The Morgan fingerprint density at radius 2 is 2.03 bits per heavy atom. The van der Waals surface area contributed by atoms with Gasteiger partial charge in [0, 0.05) is 23.0 Å². The van der Waals surface area contributed by atoms with Crippen molar-refractivity contribution in [2.75, 3.05) is 27.3 Å². The minimum atomic E-state index is -0.330. The molecule has 3 atom stereocenters. The summed E-state index contributed by atoms with van der Waals surface area (Å²) >= 11 is 5.92. The first-order valence-corrected chi connectivity index (χ1v) is 11.5. The fourth-order valence-electron chi connectivity index (χ4n) is 5.64. The van der Waals surface area contributed by atoms with Crippen molar-refractivity contribution in [2.45, 2.75) is 37.8 Å². The van der Waals surface area contributed by atoms with E-state index in [-0.39, 0.29) is 23.4 Å². The van der Waals surface area contributed by atoms with Gasteiger partial charge < -0.3 is 19.1 Å². The van der Waals surface area contributed by atoms with E-state index in [4.69, 9.17) is 25.8 Å². The van der Waals surface area contributed by atoms with Crippen LogP contribution in [0.4, 0.5) is 0 Å². The van der Waals surface area contributed by atoms with Crippen molar-refractivity contribution >= 4 is 17.6 Å². The topological polar surface area (TPSA) is 48.0 Å². The van der Waals surface area contributed by atoms with E-state index in [0.29, 0.717) is 17.2 Å². The van der Waals surface area contributed by atoms with E-state index in [1.54, 1.807) is 31.4 Å². The Labute approximate surface area is 193 Å². The lowest BCUT2D eigenvalue weighted by atomic mass is 9.63. The second-order valence-electron chi connectivity index (χ2n) is 9.15. The Morgan fingerprint density at radius 3 is 2.78 bits per heavy atom. The van der Waals surface area contributed by atoms with E-state index < -0.39 is 0 Å². The van der Waals surface area contributed by atoms with E-state index in [1.165, 1.54) is 16.7 Å². The normalized spacial score (nSPS) is 26.3. The second kappa shape index (κ2) is 8.13. The minimum absolute atomic E-state index is 0.00304. The quantitative estimate of drug-likeness (QED) is 0.481. The third kappa shape index (κ3) is 3.39. The molecule has 0 N–H and O–H groups in total. The first-order chi connectivity index (χ1) is 15.4. The van der Waals surface area contributed by atoms with Crippen LogP contribution in [-0.4, -0.2) is 44.3 Å². The molecule has 1 aliphatic carbocycles. The van der Waals surface area contributed by atoms with Gasteiger partial charge in [-0.2, -0.15) is 0 Å². The SMILES string of the molecule is COc1ccc2c3c1OC1CC(COC(=O)c4ccc(Cl)cc4)C=C(C)C31CCN(C)C2. The first-order valence-electron chi connectivity index (χ1n) is 11.1. The van der Waals surface area contributed by atoms with Crippen LogP contribution in [0.15, 0.2) is 48.0 Å². The molecule has 5 rings (SSSR count). The highest BCUT2D eigenvalue weighted by Gasteiger charge is 2.55. The molecule has 1 spiro atoms. The fourth-order valence-corrected chi connectivity index (χ4v) is 5.77. The van der Waals surface area contributed by atoms with Crippen LogP contribution in [0.3, 0.4) is 0 Å². The maximum atomic E-state index is 12.5. The zero-order valence-electron chi connectivity index (χ0n) is 18.7. The van der Waals surface area contributed by atoms with Crippen LogP contribution in [0.2, 0.25) is 5.02 Å². The molecule has 0 aromatic heterocycles. The molecule has 0 fully saturated rings. The molecule has 2 aliphatic heterocycles. The summed E-state index contributed by atoms with van der Waals surface area (Å²) in [6.07, 6.45) is 4.09. The van der Waals surface area contributed by atoms with Gasteiger partial charge in [-0.05, 0) is 69.3 Å². The number of carbonyl (C=O) groups excluding carboxylic acids is 1. The summed E-state index contributed by atoms with van der Waals surface area (Å²) in [5.41, 5.74) is 4.25. The summed E-state index contributed by atoms with van der Waals surface area (Å²) in [6.45, 7) is 4.43. The summed E-state index contributed by atoms with van der Waals surface area (Å²) < 4.78 is 17.9. The van der Waals surface area contributed by atoms with Crippen LogP contribution < -0.4 is 9.47 Å². The van der Waals surface area contributed by atoms with Gasteiger partial charge in [0.05, 0.1) is 24.7 Å². The summed E-state index contributed by atoms with van der Waals surface area (Å²) in [6, 6.07) is 11.0. The Kier molecular flexibility index (Phi) is 5.42. The number of rotatable bonds is 4.